The minimum atomic E-state index is -0.738. The number of phenolic OH excluding ortho intramolecular Hbond substituents is 1. The van der Waals surface area contributed by atoms with Gasteiger partial charge in [0.1, 0.15) is 11.6 Å². The first-order chi connectivity index (χ1) is 9.08. The van der Waals surface area contributed by atoms with E-state index in [1.54, 1.807) is 10.9 Å². The first-order valence-electron chi connectivity index (χ1n) is 5.81. The van der Waals surface area contributed by atoms with Crippen molar-refractivity contribution in [2.45, 2.75) is 6.42 Å². The van der Waals surface area contributed by atoms with Crippen LogP contribution >= 0.6 is 0 Å². The molecule has 2 rings (SSSR count). The van der Waals surface area contributed by atoms with Crippen LogP contribution in [0.25, 0.3) is 0 Å². The lowest BCUT2D eigenvalue weighted by molar-refractivity contribution is 0.0950. The maximum Gasteiger partial charge on any atom is 0.254 e. The molecule has 1 aromatic carbocycles. The number of hydrogen-bond donors (Lipinski definition) is 2. The van der Waals surface area contributed by atoms with Gasteiger partial charge in [-0.05, 0) is 18.2 Å². The number of rotatable bonds is 4. The van der Waals surface area contributed by atoms with Crippen molar-refractivity contribution in [3.63, 3.8) is 0 Å². The number of carbonyl (C=O) groups is 1. The normalized spacial score (nSPS) is 10.4. The Kier molecular flexibility index (Phi) is 3.79. The summed E-state index contributed by atoms with van der Waals surface area (Å²) in [6.07, 6.45) is 2.29. The molecule has 0 aliphatic carbocycles. The smallest absolute Gasteiger partial charge is 0.254 e. The second kappa shape index (κ2) is 5.51. The first-order valence-corrected chi connectivity index (χ1v) is 5.81. The number of aromatic nitrogens is 2. The highest BCUT2D eigenvalue weighted by Gasteiger charge is 2.11. The quantitative estimate of drug-likeness (QED) is 0.872. The predicted octanol–water partition coefficient (Wildman–Crippen LogP) is 1.24. The van der Waals surface area contributed by atoms with E-state index < -0.39 is 11.7 Å². The van der Waals surface area contributed by atoms with E-state index in [1.807, 2.05) is 13.1 Å². The highest BCUT2D eigenvalue weighted by molar-refractivity contribution is 5.94. The van der Waals surface area contributed by atoms with Crippen molar-refractivity contribution >= 4 is 5.91 Å². The zero-order valence-electron chi connectivity index (χ0n) is 10.4. The van der Waals surface area contributed by atoms with E-state index in [4.69, 9.17) is 5.11 Å². The fourth-order valence-electron chi connectivity index (χ4n) is 1.73. The van der Waals surface area contributed by atoms with Gasteiger partial charge in [0.15, 0.2) is 0 Å². The summed E-state index contributed by atoms with van der Waals surface area (Å²) in [5.74, 6) is -1.44. The fourth-order valence-corrected chi connectivity index (χ4v) is 1.73. The monoisotopic (exact) mass is 263 g/mol. The Balaban J connectivity index is 1.93. The highest BCUT2D eigenvalue weighted by Crippen LogP contribution is 2.14. The Labute approximate surface area is 109 Å². The number of benzene rings is 1. The molecule has 6 heteroatoms. The molecule has 0 fully saturated rings. The summed E-state index contributed by atoms with van der Waals surface area (Å²) in [5.41, 5.74) is 0.897. The molecule has 0 aliphatic rings. The number of amides is 1. The van der Waals surface area contributed by atoms with Gasteiger partial charge in [-0.3, -0.25) is 9.48 Å². The summed E-state index contributed by atoms with van der Waals surface area (Å²) in [6, 6.07) is 5.30. The third kappa shape index (κ3) is 3.09. The van der Waals surface area contributed by atoms with Crippen molar-refractivity contribution in [1.82, 2.24) is 15.1 Å². The molecule has 1 amide bonds. The van der Waals surface area contributed by atoms with Crippen LogP contribution in [0.4, 0.5) is 4.39 Å². The van der Waals surface area contributed by atoms with Gasteiger partial charge in [0, 0.05) is 38.0 Å². The van der Waals surface area contributed by atoms with Gasteiger partial charge in [0.05, 0.1) is 5.56 Å². The number of phenols is 1. The molecular weight excluding hydrogens is 249 g/mol. The van der Waals surface area contributed by atoms with Crippen molar-refractivity contribution in [3.8, 4) is 5.75 Å². The molecule has 1 heterocycles. The maximum atomic E-state index is 13.4. The van der Waals surface area contributed by atoms with Gasteiger partial charge in [0.2, 0.25) is 0 Å². The average Bonchev–Trinajstić information content (AvgIpc) is 2.75. The fraction of sp³-hybridized carbons (Fsp3) is 0.231. The Bertz CT molecular complexity index is 595. The first kappa shape index (κ1) is 13.1. The SMILES string of the molecule is Cn1nccc1CCNC(=O)c1ccc(O)cc1F. The van der Waals surface area contributed by atoms with Crippen LogP contribution in [0.2, 0.25) is 0 Å². The van der Waals surface area contributed by atoms with Gasteiger partial charge in [-0.25, -0.2) is 4.39 Å². The van der Waals surface area contributed by atoms with Crippen LogP contribution in [-0.2, 0) is 13.5 Å². The van der Waals surface area contributed by atoms with Gasteiger partial charge in [0.25, 0.3) is 5.91 Å². The molecular formula is C13H14FN3O2. The zero-order chi connectivity index (χ0) is 13.8. The lowest BCUT2D eigenvalue weighted by Crippen LogP contribution is -2.27. The van der Waals surface area contributed by atoms with E-state index >= 15 is 0 Å². The van der Waals surface area contributed by atoms with Crippen LogP contribution in [0.5, 0.6) is 5.75 Å². The van der Waals surface area contributed by atoms with Crippen LogP contribution in [-0.4, -0.2) is 27.3 Å². The van der Waals surface area contributed by atoms with E-state index in [0.717, 1.165) is 11.8 Å². The summed E-state index contributed by atoms with van der Waals surface area (Å²) >= 11 is 0. The molecule has 0 aliphatic heterocycles. The van der Waals surface area contributed by atoms with Crippen molar-refractivity contribution in [3.05, 3.63) is 47.5 Å². The van der Waals surface area contributed by atoms with Crippen LogP contribution < -0.4 is 5.32 Å². The minimum absolute atomic E-state index is 0.0807. The number of halogens is 1. The maximum absolute atomic E-state index is 13.4. The molecule has 19 heavy (non-hydrogen) atoms. The number of carbonyl (C=O) groups excluding carboxylic acids is 1. The third-order valence-electron chi connectivity index (χ3n) is 2.79. The number of aromatic hydroxyl groups is 1. The van der Waals surface area contributed by atoms with E-state index in [9.17, 15) is 9.18 Å². The van der Waals surface area contributed by atoms with Crippen LogP contribution in [0, 0.1) is 5.82 Å². The molecule has 0 atom stereocenters. The van der Waals surface area contributed by atoms with Gasteiger partial charge in [-0.15, -0.1) is 0 Å². The number of aryl methyl sites for hydroxylation is 1. The summed E-state index contributed by atoms with van der Waals surface area (Å²) in [4.78, 5) is 11.7. The topological polar surface area (TPSA) is 67.2 Å². The Morgan fingerprint density at radius 1 is 1.47 bits per heavy atom. The van der Waals surface area contributed by atoms with Crippen LogP contribution in [0.1, 0.15) is 16.1 Å². The molecule has 0 unspecified atom stereocenters. The van der Waals surface area contributed by atoms with Gasteiger partial charge < -0.3 is 10.4 Å². The predicted molar refractivity (Wildman–Crippen MR) is 67.3 cm³/mol. The van der Waals surface area contributed by atoms with Gasteiger partial charge >= 0.3 is 0 Å². The molecule has 100 valence electrons. The Hall–Kier alpha value is -2.37. The third-order valence-corrected chi connectivity index (χ3v) is 2.79. The van der Waals surface area contributed by atoms with Gasteiger partial charge in [-0.2, -0.15) is 5.10 Å². The average molecular weight is 263 g/mol. The number of hydrogen-bond acceptors (Lipinski definition) is 3. The zero-order valence-corrected chi connectivity index (χ0v) is 10.4. The van der Waals surface area contributed by atoms with Gasteiger partial charge in [-0.1, -0.05) is 0 Å². The summed E-state index contributed by atoms with van der Waals surface area (Å²) in [5, 5.41) is 15.7. The second-order valence-electron chi connectivity index (χ2n) is 4.12. The molecule has 0 radical (unpaired) electrons. The standard InChI is InChI=1S/C13H14FN3O2/c1-17-9(5-7-16-17)4-6-15-13(19)11-3-2-10(18)8-12(11)14/h2-3,5,7-8,18H,4,6H2,1H3,(H,15,19). The Morgan fingerprint density at radius 2 is 2.26 bits per heavy atom. The van der Waals surface area contributed by atoms with Crippen molar-refractivity contribution in [1.29, 1.82) is 0 Å². The highest BCUT2D eigenvalue weighted by atomic mass is 19.1. The van der Waals surface area contributed by atoms with E-state index in [0.29, 0.717) is 13.0 Å². The van der Waals surface area contributed by atoms with Crippen LogP contribution in [0.15, 0.2) is 30.5 Å². The van der Waals surface area contributed by atoms with E-state index in [2.05, 4.69) is 10.4 Å². The molecule has 0 saturated heterocycles. The molecule has 1 aromatic heterocycles. The number of nitrogens with zero attached hydrogens (tertiary/aromatic N) is 2. The summed E-state index contributed by atoms with van der Waals surface area (Å²) in [7, 11) is 1.82. The Morgan fingerprint density at radius 3 is 2.89 bits per heavy atom. The van der Waals surface area contributed by atoms with Crippen molar-refractivity contribution < 1.29 is 14.3 Å². The van der Waals surface area contributed by atoms with E-state index in [-0.39, 0.29) is 11.3 Å². The van der Waals surface area contributed by atoms with Crippen molar-refractivity contribution in [2.24, 2.45) is 7.05 Å². The van der Waals surface area contributed by atoms with E-state index in [1.165, 1.54) is 12.1 Å². The lowest BCUT2D eigenvalue weighted by Gasteiger charge is -2.06. The lowest BCUT2D eigenvalue weighted by atomic mass is 10.2. The molecule has 2 N–H and O–H groups in total. The second-order valence-corrected chi connectivity index (χ2v) is 4.12. The molecule has 0 bridgehead atoms. The molecule has 2 aromatic rings. The molecule has 0 spiro atoms. The largest absolute Gasteiger partial charge is 0.508 e. The minimum Gasteiger partial charge on any atom is -0.508 e. The molecule has 0 saturated carbocycles. The molecule has 5 nitrogen and oxygen atoms in total. The van der Waals surface area contributed by atoms with Crippen molar-refractivity contribution in [2.75, 3.05) is 6.54 Å². The summed E-state index contributed by atoms with van der Waals surface area (Å²) < 4.78 is 15.1. The number of nitrogens with one attached hydrogen (secondary N) is 1. The van der Waals surface area contributed by atoms with Crippen LogP contribution in [0.3, 0.4) is 0 Å². The summed E-state index contributed by atoms with van der Waals surface area (Å²) in [6.45, 7) is 0.388.